The fourth-order valence-electron chi connectivity index (χ4n) is 2.02. The molecule has 0 atom stereocenters. The Hall–Kier alpha value is -1.53. The van der Waals surface area contributed by atoms with Gasteiger partial charge in [0.15, 0.2) is 0 Å². The smallest absolute Gasteiger partial charge is 0.262 e. The molecule has 0 saturated heterocycles. The largest absolute Gasteiger partial charge is 0.492 e. The van der Waals surface area contributed by atoms with Crippen LogP contribution in [0.1, 0.15) is 24.5 Å². The van der Waals surface area contributed by atoms with E-state index in [1.54, 1.807) is 12.1 Å². The van der Waals surface area contributed by atoms with Gasteiger partial charge in [0.05, 0.1) is 21.7 Å². The van der Waals surface area contributed by atoms with Crippen LogP contribution >= 0.6 is 15.9 Å². The number of benzene rings is 2. The molecule has 4 nitrogen and oxygen atoms in total. The summed E-state index contributed by atoms with van der Waals surface area (Å²) < 4.78 is 34.2. The van der Waals surface area contributed by atoms with Crippen molar-refractivity contribution >= 4 is 31.6 Å². The number of ether oxygens (including phenoxy) is 1. The van der Waals surface area contributed by atoms with E-state index in [2.05, 4.69) is 20.7 Å². The van der Waals surface area contributed by atoms with E-state index in [1.807, 2.05) is 39.0 Å². The Kier molecular flexibility index (Phi) is 5.70. The standard InChI is InChI=1S/C17H20BrNO3S/c1-4-9-22-17-11-14(7-8-15(17)18)23(20,21)19-16-10-12(2)5-6-13(16)3/h5-8,10-11,19H,4,9H2,1-3H3. The highest BCUT2D eigenvalue weighted by Gasteiger charge is 2.17. The third kappa shape index (κ3) is 4.48. The minimum absolute atomic E-state index is 0.174. The summed E-state index contributed by atoms with van der Waals surface area (Å²) in [6, 6.07) is 10.4. The highest BCUT2D eigenvalue weighted by Crippen LogP contribution is 2.29. The number of rotatable bonds is 6. The van der Waals surface area contributed by atoms with Gasteiger partial charge in [-0.15, -0.1) is 0 Å². The van der Waals surface area contributed by atoms with E-state index in [4.69, 9.17) is 4.74 Å². The number of hydrogen-bond donors (Lipinski definition) is 1. The molecule has 0 unspecified atom stereocenters. The van der Waals surface area contributed by atoms with Crippen LogP contribution in [0.25, 0.3) is 0 Å². The van der Waals surface area contributed by atoms with Gasteiger partial charge in [-0.2, -0.15) is 0 Å². The predicted octanol–water partition coefficient (Wildman–Crippen LogP) is 4.66. The average molecular weight is 398 g/mol. The summed E-state index contributed by atoms with van der Waals surface area (Å²) in [5, 5.41) is 0. The van der Waals surface area contributed by atoms with Crippen LogP contribution in [-0.2, 0) is 10.0 Å². The number of aryl methyl sites for hydroxylation is 2. The van der Waals surface area contributed by atoms with Gasteiger partial charge in [0.2, 0.25) is 0 Å². The fraction of sp³-hybridized carbons (Fsp3) is 0.294. The quantitative estimate of drug-likeness (QED) is 0.770. The molecule has 0 fully saturated rings. The first-order valence-electron chi connectivity index (χ1n) is 7.36. The van der Waals surface area contributed by atoms with Crippen molar-refractivity contribution < 1.29 is 13.2 Å². The first-order chi connectivity index (χ1) is 10.8. The maximum Gasteiger partial charge on any atom is 0.262 e. The van der Waals surface area contributed by atoms with Crippen LogP contribution in [-0.4, -0.2) is 15.0 Å². The first-order valence-corrected chi connectivity index (χ1v) is 9.63. The van der Waals surface area contributed by atoms with Gasteiger partial charge >= 0.3 is 0 Å². The zero-order valence-electron chi connectivity index (χ0n) is 13.4. The SMILES string of the molecule is CCCOc1cc(S(=O)(=O)Nc2cc(C)ccc2C)ccc1Br. The van der Waals surface area contributed by atoms with Crippen molar-refractivity contribution in [2.24, 2.45) is 0 Å². The van der Waals surface area contributed by atoms with E-state index >= 15 is 0 Å². The lowest BCUT2D eigenvalue weighted by Gasteiger charge is -2.13. The summed E-state index contributed by atoms with van der Waals surface area (Å²) in [5.74, 6) is 0.524. The van der Waals surface area contributed by atoms with E-state index in [0.717, 1.165) is 22.0 Å². The van der Waals surface area contributed by atoms with Gasteiger partial charge in [-0.05, 0) is 65.5 Å². The molecule has 124 valence electrons. The van der Waals surface area contributed by atoms with Crippen molar-refractivity contribution in [1.29, 1.82) is 0 Å². The Morgan fingerprint density at radius 2 is 1.87 bits per heavy atom. The molecular formula is C17H20BrNO3S. The molecule has 6 heteroatoms. The highest BCUT2D eigenvalue weighted by atomic mass is 79.9. The van der Waals surface area contributed by atoms with Crippen LogP contribution in [0.3, 0.4) is 0 Å². The monoisotopic (exact) mass is 397 g/mol. The van der Waals surface area contributed by atoms with Gasteiger partial charge in [-0.1, -0.05) is 19.1 Å². The van der Waals surface area contributed by atoms with Crippen LogP contribution in [0.5, 0.6) is 5.75 Å². The average Bonchev–Trinajstić information content (AvgIpc) is 2.49. The molecule has 0 heterocycles. The molecule has 0 aliphatic heterocycles. The highest BCUT2D eigenvalue weighted by molar-refractivity contribution is 9.10. The molecule has 0 amide bonds. The van der Waals surface area contributed by atoms with Crippen LogP contribution in [0.2, 0.25) is 0 Å². The van der Waals surface area contributed by atoms with Gasteiger partial charge in [-0.3, -0.25) is 4.72 Å². The van der Waals surface area contributed by atoms with Crippen molar-refractivity contribution in [3.8, 4) is 5.75 Å². The number of anilines is 1. The van der Waals surface area contributed by atoms with Crippen molar-refractivity contribution in [2.45, 2.75) is 32.1 Å². The molecule has 0 radical (unpaired) electrons. The van der Waals surface area contributed by atoms with E-state index in [1.165, 1.54) is 6.07 Å². The van der Waals surface area contributed by atoms with Gasteiger partial charge in [0.1, 0.15) is 5.75 Å². The second kappa shape index (κ2) is 7.36. The molecule has 0 saturated carbocycles. The Bertz CT molecular complexity index is 803. The molecule has 0 spiro atoms. The third-order valence-electron chi connectivity index (χ3n) is 3.31. The van der Waals surface area contributed by atoms with E-state index in [-0.39, 0.29) is 4.90 Å². The van der Waals surface area contributed by atoms with Crippen LogP contribution < -0.4 is 9.46 Å². The number of sulfonamides is 1. The van der Waals surface area contributed by atoms with Crippen LogP contribution in [0.15, 0.2) is 45.8 Å². The molecular weight excluding hydrogens is 378 g/mol. The number of halogens is 1. The molecule has 2 aromatic carbocycles. The normalized spacial score (nSPS) is 11.3. The zero-order valence-corrected chi connectivity index (χ0v) is 15.8. The molecule has 0 bridgehead atoms. The first kappa shape index (κ1) is 17.8. The summed E-state index contributed by atoms with van der Waals surface area (Å²) in [6.07, 6.45) is 0.851. The molecule has 0 aromatic heterocycles. The second-order valence-electron chi connectivity index (χ2n) is 5.36. The molecule has 23 heavy (non-hydrogen) atoms. The maximum absolute atomic E-state index is 12.6. The third-order valence-corrected chi connectivity index (χ3v) is 5.33. The van der Waals surface area contributed by atoms with Crippen molar-refractivity contribution in [3.63, 3.8) is 0 Å². The van der Waals surface area contributed by atoms with Gasteiger partial charge in [-0.25, -0.2) is 8.42 Å². The Morgan fingerprint density at radius 3 is 2.57 bits per heavy atom. The Labute approximate surface area is 146 Å². The molecule has 0 aliphatic rings. The van der Waals surface area contributed by atoms with Crippen molar-refractivity contribution in [2.75, 3.05) is 11.3 Å². The Balaban J connectivity index is 2.34. The summed E-state index contributed by atoms with van der Waals surface area (Å²) in [6.45, 7) is 6.32. The minimum Gasteiger partial charge on any atom is -0.492 e. The lowest BCUT2D eigenvalue weighted by atomic mass is 10.1. The second-order valence-corrected chi connectivity index (χ2v) is 7.90. The number of nitrogens with one attached hydrogen (secondary N) is 1. The zero-order chi connectivity index (χ0) is 17.0. The number of hydrogen-bond acceptors (Lipinski definition) is 3. The molecule has 2 rings (SSSR count). The van der Waals surface area contributed by atoms with Gasteiger partial charge in [0.25, 0.3) is 10.0 Å². The topological polar surface area (TPSA) is 55.4 Å². The van der Waals surface area contributed by atoms with Gasteiger partial charge < -0.3 is 4.74 Å². The summed E-state index contributed by atoms with van der Waals surface area (Å²) in [4.78, 5) is 0.174. The molecule has 2 aromatic rings. The van der Waals surface area contributed by atoms with E-state index in [9.17, 15) is 8.42 Å². The fourth-order valence-corrected chi connectivity index (χ4v) is 3.52. The summed E-state index contributed by atoms with van der Waals surface area (Å²) in [5.41, 5.74) is 2.46. The van der Waals surface area contributed by atoms with Gasteiger partial charge in [0, 0.05) is 6.07 Å². The predicted molar refractivity (Wildman–Crippen MR) is 96.7 cm³/mol. The molecule has 1 N–H and O–H groups in total. The van der Waals surface area contributed by atoms with Crippen LogP contribution in [0.4, 0.5) is 5.69 Å². The Morgan fingerprint density at radius 1 is 1.13 bits per heavy atom. The maximum atomic E-state index is 12.6. The summed E-state index contributed by atoms with van der Waals surface area (Å²) in [7, 11) is -3.67. The van der Waals surface area contributed by atoms with Crippen molar-refractivity contribution in [1.82, 2.24) is 0 Å². The lowest BCUT2D eigenvalue weighted by molar-refractivity contribution is 0.314. The lowest BCUT2D eigenvalue weighted by Crippen LogP contribution is -2.14. The molecule has 0 aliphatic carbocycles. The van der Waals surface area contributed by atoms with Crippen molar-refractivity contribution in [3.05, 3.63) is 52.0 Å². The van der Waals surface area contributed by atoms with E-state index < -0.39 is 10.0 Å². The van der Waals surface area contributed by atoms with Crippen LogP contribution in [0, 0.1) is 13.8 Å². The minimum atomic E-state index is -3.67. The summed E-state index contributed by atoms with van der Waals surface area (Å²) >= 11 is 3.38. The van der Waals surface area contributed by atoms with E-state index in [0.29, 0.717) is 18.0 Å².